The summed E-state index contributed by atoms with van der Waals surface area (Å²) in [7, 11) is 1.38. The first-order chi connectivity index (χ1) is 5.58. The maximum atomic E-state index is 11.2. The van der Waals surface area contributed by atoms with Crippen LogP contribution in [0, 0.1) is 0 Å². The zero-order valence-corrected chi connectivity index (χ0v) is 7.72. The summed E-state index contributed by atoms with van der Waals surface area (Å²) in [6, 6.07) is -0.351. The van der Waals surface area contributed by atoms with Gasteiger partial charge in [-0.05, 0) is 13.8 Å². The third kappa shape index (κ3) is 1.76. The standard InChI is InChI=1S/C8H15NO3/c1-8(2)6(7(10)11-3)9-4-5-12-8/h6,9H,4-5H2,1-3H3/t6-/m1/s1. The fourth-order valence-corrected chi connectivity index (χ4v) is 1.33. The largest absolute Gasteiger partial charge is 0.468 e. The average Bonchev–Trinajstić information content (AvgIpc) is 2.02. The SMILES string of the molecule is COC(=O)[C@H]1NCCOC1(C)C. The van der Waals surface area contributed by atoms with Crippen LogP contribution in [0.4, 0.5) is 0 Å². The molecule has 0 saturated carbocycles. The van der Waals surface area contributed by atoms with Gasteiger partial charge in [-0.3, -0.25) is 10.1 Å². The second kappa shape index (κ2) is 3.41. The van der Waals surface area contributed by atoms with Crippen LogP contribution in [0.1, 0.15) is 13.8 Å². The number of morpholine rings is 1. The van der Waals surface area contributed by atoms with E-state index < -0.39 is 5.60 Å². The van der Waals surface area contributed by atoms with Crippen molar-refractivity contribution in [3.63, 3.8) is 0 Å². The van der Waals surface area contributed by atoms with Crippen molar-refractivity contribution in [3.8, 4) is 0 Å². The van der Waals surface area contributed by atoms with Crippen molar-refractivity contribution in [2.75, 3.05) is 20.3 Å². The van der Waals surface area contributed by atoms with Crippen molar-refractivity contribution >= 4 is 5.97 Å². The summed E-state index contributed by atoms with van der Waals surface area (Å²) < 4.78 is 10.1. The Kier molecular flexibility index (Phi) is 2.69. The van der Waals surface area contributed by atoms with Gasteiger partial charge in [0.15, 0.2) is 0 Å². The van der Waals surface area contributed by atoms with Crippen molar-refractivity contribution in [2.45, 2.75) is 25.5 Å². The predicted molar refractivity (Wildman–Crippen MR) is 43.8 cm³/mol. The number of carbonyl (C=O) groups is 1. The molecule has 0 aromatic carbocycles. The molecule has 1 fully saturated rings. The Morgan fingerprint density at radius 1 is 1.67 bits per heavy atom. The molecular formula is C8H15NO3. The van der Waals surface area contributed by atoms with Crippen molar-refractivity contribution in [2.24, 2.45) is 0 Å². The smallest absolute Gasteiger partial charge is 0.325 e. The van der Waals surface area contributed by atoms with E-state index in [1.165, 1.54) is 7.11 Å². The molecule has 12 heavy (non-hydrogen) atoms. The molecule has 70 valence electrons. The quantitative estimate of drug-likeness (QED) is 0.564. The van der Waals surface area contributed by atoms with Crippen LogP contribution in [0.5, 0.6) is 0 Å². The summed E-state index contributed by atoms with van der Waals surface area (Å²) in [5.74, 6) is -0.264. The third-order valence-electron chi connectivity index (χ3n) is 2.06. The molecule has 0 aromatic rings. The van der Waals surface area contributed by atoms with Crippen molar-refractivity contribution in [3.05, 3.63) is 0 Å². The highest BCUT2D eigenvalue weighted by Crippen LogP contribution is 2.18. The molecule has 0 aliphatic carbocycles. The first kappa shape index (κ1) is 9.48. The Morgan fingerprint density at radius 3 is 2.83 bits per heavy atom. The lowest BCUT2D eigenvalue weighted by atomic mass is 9.97. The number of rotatable bonds is 1. The van der Waals surface area contributed by atoms with Gasteiger partial charge in [-0.25, -0.2) is 0 Å². The van der Waals surface area contributed by atoms with Crippen molar-refractivity contribution in [1.29, 1.82) is 0 Å². The topological polar surface area (TPSA) is 47.6 Å². The zero-order valence-electron chi connectivity index (χ0n) is 7.72. The predicted octanol–water partition coefficient (Wildman–Crippen LogP) is -0.0736. The van der Waals surface area contributed by atoms with Crippen LogP contribution in [-0.4, -0.2) is 37.9 Å². The van der Waals surface area contributed by atoms with Gasteiger partial charge in [-0.15, -0.1) is 0 Å². The number of carbonyl (C=O) groups excluding carboxylic acids is 1. The molecule has 0 spiro atoms. The van der Waals surface area contributed by atoms with Gasteiger partial charge in [0.2, 0.25) is 0 Å². The Labute approximate surface area is 72.2 Å². The van der Waals surface area contributed by atoms with Crippen LogP contribution in [0.25, 0.3) is 0 Å². The molecule has 1 aliphatic rings. The van der Waals surface area contributed by atoms with E-state index in [0.29, 0.717) is 13.2 Å². The van der Waals surface area contributed by atoms with Crippen LogP contribution in [0.3, 0.4) is 0 Å². The number of hydrogen-bond acceptors (Lipinski definition) is 4. The van der Waals surface area contributed by atoms with Crippen molar-refractivity contribution < 1.29 is 14.3 Å². The van der Waals surface area contributed by atoms with Gasteiger partial charge in [0.1, 0.15) is 6.04 Å². The molecule has 0 amide bonds. The summed E-state index contributed by atoms with van der Waals surface area (Å²) >= 11 is 0. The minimum Gasteiger partial charge on any atom is -0.468 e. The molecule has 4 heteroatoms. The first-order valence-corrected chi connectivity index (χ1v) is 4.03. The second-order valence-electron chi connectivity index (χ2n) is 3.36. The zero-order chi connectivity index (χ0) is 9.19. The van der Waals surface area contributed by atoms with Crippen LogP contribution < -0.4 is 5.32 Å². The molecule has 1 heterocycles. The van der Waals surface area contributed by atoms with E-state index >= 15 is 0 Å². The van der Waals surface area contributed by atoms with Crippen LogP contribution in [0.15, 0.2) is 0 Å². The van der Waals surface area contributed by atoms with E-state index in [4.69, 9.17) is 4.74 Å². The van der Waals surface area contributed by atoms with Crippen LogP contribution in [-0.2, 0) is 14.3 Å². The summed E-state index contributed by atoms with van der Waals surface area (Å²) in [4.78, 5) is 11.2. The molecule has 0 aromatic heterocycles. The van der Waals surface area contributed by atoms with Gasteiger partial charge >= 0.3 is 5.97 Å². The molecule has 1 rings (SSSR count). The Bertz CT molecular complexity index is 179. The molecule has 4 nitrogen and oxygen atoms in total. The lowest BCUT2D eigenvalue weighted by Gasteiger charge is -2.37. The lowest BCUT2D eigenvalue weighted by molar-refractivity contribution is -0.157. The summed E-state index contributed by atoms with van der Waals surface area (Å²) in [6.07, 6.45) is 0. The number of esters is 1. The second-order valence-corrected chi connectivity index (χ2v) is 3.36. The fourth-order valence-electron chi connectivity index (χ4n) is 1.33. The number of nitrogens with one attached hydrogen (secondary N) is 1. The van der Waals surface area contributed by atoms with Crippen LogP contribution in [0.2, 0.25) is 0 Å². The molecule has 0 radical (unpaired) electrons. The lowest BCUT2D eigenvalue weighted by Crippen LogP contribution is -2.58. The van der Waals surface area contributed by atoms with Gasteiger partial charge in [0, 0.05) is 6.54 Å². The number of hydrogen-bond donors (Lipinski definition) is 1. The molecule has 1 saturated heterocycles. The molecular weight excluding hydrogens is 158 g/mol. The Hall–Kier alpha value is -0.610. The van der Waals surface area contributed by atoms with Crippen LogP contribution >= 0.6 is 0 Å². The third-order valence-corrected chi connectivity index (χ3v) is 2.06. The minimum atomic E-state index is -0.467. The van der Waals surface area contributed by atoms with E-state index in [1.807, 2.05) is 13.8 Å². The van der Waals surface area contributed by atoms with Gasteiger partial charge in [0.05, 0.1) is 19.3 Å². The monoisotopic (exact) mass is 173 g/mol. The highest BCUT2D eigenvalue weighted by molar-refractivity contribution is 5.77. The Morgan fingerprint density at radius 2 is 2.33 bits per heavy atom. The van der Waals surface area contributed by atoms with Crippen molar-refractivity contribution in [1.82, 2.24) is 5.32 Å². The normalized spacial score (nSPS) is 28.1. The summed E-state index contributed by atoms with van der Waals surface area (Å²) in [5.41, 5.74) is -0.467. The molecule has 1 atom stereocenters. The maximum absolute atomic E-state index is 11.2. The molecule has 1 N–H and O–H groups in total. The summed E-state index contributed by atoms with van der Waals surface area (Å²) in [5, 5.41) is 3.06. The van der Waals surface area contributed by atoms with Gasteiger partial charge < -0.3 is 9.47 Å². The number of ether oxygens (including phenoxy) is 2. The van der Waals surface area contributed by atoms with Gasteiger partial charge in [-0.1, -0.05) is 0 Å². The van der Waals surface area contributed by atoms with E-state index in [2.05, 4.69) is 10.1 Å². The minimum absolute atomic E-state index is 0.264. The van der Waals surface area contributed by atoms with Gasteiger partial charge in [-0.2, -0.15) is 0 Å². The summed E-state index contributed by atoms with van der Waals surface area (Å²) in [6.45, 7) is 5.09. The van der Waals surface area contributed by atoms with E-state index in [0.717, 1.165) is 0 Å². The fraction of sp³-hybridized carbons (Fsp3) is 0.875. The molecule has 0 bridgehead atoms. The molecule has 1 aliphatic heterocycles. The van der Waals surface area contributed by atoms with E-state index in [-0.39, 0.29) is 12.0 Å². The Balaban J connectivity index is 2.66. The average molecular weight is 173 g/mol. The first-order valence-electron chi connectivity index (χ1n) is 4.03. The molecule has 0 unspecified atom stereocenters. The van der Waals surface area contributed by atoms with E-state index in [1.54, 1.807) is 0 Å². The highest BCUT2D eigenvalue weighted by Gasteiger charge is 2.39. The van der Waals surface area contributed by atoms with Gasteiger partial charge in [0.25, 0.3) is 0 Å². The maximum Gasteiger partial charge on any atom is 0.325 e. The van der Waals surface area contributed by atoms with E-state index in [9.17, 15) is 4.79 Å². The number of methoxy groups -OCH3 is 1. The highest BCUT2D eigenvalue weighted by atomic mass is 16.5.